The second-order valence-corrected chi connectivity index (χ2v) is 9.71. The van der Waals surface area contributed by atoms with Crippen molar-refractivity contribution < 1.29 is 42.6 Å². The van der Waals surface area contributed by atoms with Gasteiger partial charge in [0.2, 0.25) is 5.91 Å². The summed E-state index contributed by atoms with van der Waals surface area (Å²) in [7, 11) is 0. The normalized spacial score (nSPS) is 19.5. The van der Waals surface area contributed by atoms with Gasteiger partial charge < -0.3 is 20.4 Å². The van der Waals surface area contributed by atoms with Gasteiger partial charge in [-0.3, -0.25) is 19.4 Å². The van der Waals surface area contributed by atoms with Gasteiger partial charge in [-0.2, -0.15) is 0 Å². The molecule has 14 heteroatoms. The van der Waals surface area contributed by atoms with E-state index in [4.69, 9.17) is 11.6 Å². The first kappa shape index (κ1) is 28.0. The Bertz CT molecular complexity index is 1290. The van der Waals surface area contributed by atoms with Crippen LogP contribution in [0.25, 0.3) is 0 Å². The molecule has 0 bridgehead atoms. The number of carboxylic acid groups (broad SMARTS) is 2. The molecule has 1 aliphatic heterocycles. The number of anilines is 1. The van der Waals surface area contributed by atoms with E-state index < -0.39 is 73.3 Å². The van der Waals surface area contributed by atoms with Crippen LogP contribution in [0, 0.1) is 5.82 Å². The highest BCUT2D eigenvalue weighted by molar-refractivity contribution is 6.31. The maximum absolute atomic E-state index is 14.4. The summed E-state index contributed by atoms with van der Waals surface area (Å²) >= 11 is 6.39. The highest BCUT2D eigenvalue weighted by Gasteiger charge is 2.48. The number of carbonyl (C=O) groups is 4. The van der Waals surface area contributed by atoms with Gasteiger partial charge in [0.05, 0.1) is 6.54 Å². The maximum atomic E-state index is 14.4. The van der Waals surface area contributed by atoms with E-state index in [0.717, 1.165) is 26.8 Å². The third-order valence-electron chi connectivity index (χ3n) is 6.65. The van der Waals surface area contributed by atoms with Crippen molar-refractivity contribution in [1.29, 1.82) is 0 Å². The van der Waals surface area contributed by atoms with Gasteiger partial charge in [-0.25, -0.2) is 22.8 Å². The largest absolute Gasteiger partial charge is 0.465 e. The molecule has 1 unspecified atom stereocenters. The zero-order valence-corrected chi connectivity index (χ0v) is 21.0. The predicted molar refractivity (Wildman–Crippen MR) is 132 cm³/mol. The molecule has 1 saturated heterocycles. The molecule has 10 nitrogen and oxygen atoms in total. The molecule has 0 aromatic heterocycles. The van der Waals surface area contributed by atoms with Crippen molar-refractivity contribution in [1.82, 2.24) is 15.1 Å². The van der Waals surface area contributed by atoms with Crippen LogP contribution < -0.4 is 10.2 Å². The van der Waals surface area contributed by atoms with Crippen molar-refractivity contribution >= 4 is 41.3 Å². The summed E-state index contributed by atoms with van der Waals surface area (Å²) < 4.78 is 41.4. The predicted octanol–water partition coefficient (Wildman–Crippen LogP) is 3.81. The Labute approximate surface area is 225 Å². The Morgan fingerprint density at radius 1 is 1.03 bits per heavy atom. The Morgan fingerprint density at radius 2 is 1.72 bits per heavy atom. The van der Waals surface area contributed by atoms with Gasteiger partial charge in [0.15, 0.2) is 0 Å². The van der Waals surface area contributed by atoms with Gasteiger partial charge in [-0.05, 0) is 24.3 Å². The third-order valence-corrected chi connectivity index (χ3v) is 6.99. The van der Waals surface area contributed by atoms with Crippen molar-refractivity contribution in [3.63, 3.8) is 0 Å². The minimum Gasteiger partial charge on any atom is -0.465 e. The fraction of sp³-hybridized carbons (Fsp3) is 0.360. The summed E-state index contributed by atoms with van der Waals surface area (Å²) in [5, 5.41) is 21.7. The summed E-state index contributed by atoms with van der Waals surface area (Å²) in [4.78, 5) is 53.9. The molecule has 2 aromatic carbocycles. The monoisotopic (exact) mass is 568 g/mol. The number of nitrogens with one attached hydrogen (secondary N) is 1. The SMILES string of the molecule is O=C(NC1CC(F)(F)C1)[C@@H](c1ccccc1Cl)N(C(=O)C1CN(C(=O)O)CCN1C(=O)O)c1cccc(F)c1. The first-order valence-electron chi connectivity index (χ1n) is 11.9. The molecule has 4 rings (SSSR count). The standard InChI is InChI=1S/C25H24ClF3N4O6/c26-18-7-2-1-6-17(18)20(21(34)30-15-11-25(28,29)12-15)33(16-5-3-4-14(27)10-16)22(35)19-13-31(23(36)37)8-9-32(19)24(38)39/h1-7,10,15,19-20H,8-9,11-13H2,(H,30,34)(H,36,37)(H,38,39)/t19?,20-/m1/s1. The van der Waals surface area contributed by atoms with Crippen LogP contribution in [-0.2, 0) is 9.59 Å². The molecule has 208 valence electrons. The zero-order valence-electron chi connectivity index (χ0n) is 20.3. The first-order chi connectivity index (χ1) is 18.4. The van der Waals surface area contributed by atoms with E-state index >= 15 is 0 Å². The van der Waals surface area contributed by atoms with E-state index in [1.807, 2.05) is 0 Å². The summed E-state index contributed by atoms with van der Waals surface area (Å²) in [6, 6.07) is 6.35. The van der Waals surface area contributed by atoms with E-state index in [1.165, 1.54) is 30.3 Å². The number of nitrogens with zero attached hydrogens (tertiary/aromatic N) is 3. The molecule has 2 atom stereocenters. The van der Waals surface area contributed by atoms with E-state index in [0.29, 0.717) is 0 Å². The number of benzene rings is 2. The van der Waals surface area contributed by atoms with Crippen LogP contribution in [0.15, 0.2) is 48.5 Å². The van der Waals surface area contributed by atoms with Gasteiger partial charge in [0.25, 0.3) is 11.8 Å². The third kappa shape index (κ3) is 6.03. The Morgan fingerprint density at radius 3 is 2.31 bits per heavy atom. The molecule has 2 aromatic rings. The number of hydrogen-bond acceptors (Lipinski definition) is 4. The molecule has 2 aliphatic rings. The van der Waals surface area contributed by atoms with Crippen molar-refractivity contribution in [2.45, 2.75) is 36.9 Å². The average Bonchev–Trinajstić information content (AvgIpc) is 2.85. The maximum Gasteiger partial charge on any atom is 0.408 e. The summed E-state index contributed by atoms with van der Waals surface area (Å²) in [5.74, 6) is -5.68. The smallest absolute Gasteiger partial charge is 0.408 e. The highest BCUT2D eigenvalue weighted by atomic mass is 35.5. The number of carbonyl (C=O) groups excluding carboxylic acids is 2. The minimum absolute atomic E-state index is 0.0247. The van der Waals surface area contributed by atoms with Crippen LogP contribution in [0.5, 0.6) is 0 Å². The summed E-state index contributed by atoms with van der Waals surface area (Å²) in [6.45, 7) is -1.09. The van der Waals surface area contributed by atoms with E-state index in [9.17, 15) is 42.6 Å². The average molecular weight is 569 g/mol. The Kier molecular flexibility index (Phi) is 7.91. The fourth-order valence-corrected chi connectivity index (χ4v) is 4.96. The molecule has 3 N–H and O–H groups in total. The number of piperazine rings is 1. The van der Waals surface area contributed by atoms with E-state index in [2.05, 4.69) is 5.32 Å². The second kappa shape index (κ2) is 11.0. The van der Waals surface area contributed by atoms with Crippen molar-refractivity contribution in [2.24, 2.45) is 0 Å². The quantitative estimate of drug-likeness (QED) is 0.486. The number of amides is 4. The van der Waals surface area contributed by atoms with Crippen LogP contribution >= 0.6 is 11.6 Å². The molecule has 0 spiro atoms. The molecule has 0 radical (unpaired) electrons. The number of alkyl halides is 2. The second-order valence-electron chi connectivity index (χ2n) is 9.30. The lowest BCUT2D eigenvalue weighted by molar-refractivity contribution is -0.134. The van der Waals surface area contributed by atoms with Gasteiger partial charge in [-0.15, -0.1) is 0 Å². The lowest BCUT2D eigenvalue weighted by Gasteiger charge is -2.42. The molecule has 1 saturated carbocycles. The fourth-order valence-electron chi connectivity index (χ4n) is 4.72. The number of hydrogen-bond donors (Lipinski definition) is 3. The van der Waals surface area contributed by atoms with Gasteiger partial charge in [-0.1, -0.05) is 35.9 Å². The lowest BCUT2D eigenvalue weighted by atomic mass is 9.87. The molecule has 2 fully saturated rings. The minimum atomic E-state index is -2.96. The summed E-state index contributed by atoms with van der Waals surface area (Å²) in [6.07, 6.45) is -4.13. The first-order valence-corrected chi connectivity index (χ1v) is 12.2. The molecule has 1 aliphatic carbocycles. The Balaban J connectivity index is 1.82. The van der Waals surface area contributed by atoms with Gasteiger partial charge in [0.1, 0.15) is 17.9 Å². The van der Waals surface area contributed by atoms with Crippen molar-refractivity contribution in [3.8, 4) is 0 Å². The van der Waals surface area contributed by atoms with Crippen LogP contribution in [0.1, 0.15) is 24.4 Å². The Hall–Kier alpha value is -4.00. The van der Waals surface area contributed by atoms with Crippen LogP contribution in [0.3, 0.4) is 0 Å². The number of rotatable bonds is 6. The van der Waals surface area contributed by atoms with Gasteiger partial charge in [0, 0.05) is 48.2 Å². The molecular formula is C25H24ClF3N4O6. The van der Waals surface area contributed by atoms with Crippen LogP contribution in [0.2, 0.25) is 5.02 Å². The molecule has 4 amide bonds. The van der Waals surface area contributed by atoms with Gasteiger partial charge >= 0.3 is 12.2 Å². The molecule has 1 heterocycles. The van der Waals surface area contributed by atoms with Crippen LogP contribution in [-0.4, -0.2) is 81.7 Å². The number of halogens is 4. The topological polar surface area (TPSA) is 130 Å². The zero-order chi connectivity index (χ0) is 28.5. The van der Waals surface area contributed by atoms with E-state index in [1.54, 1.807) is 6.07 Å². The van der Waals surface area contributed by atoms with Crippen molar-refractivity contribution in [2.75, 3.05) is 24.5 Å². The highest BCUT2D eigenvalue weighted by Crippen LogP contribution is 2.39. The van der Waals surface area contributed by atoms with Crippen molar-refractivity contribution in [3.05, 3.63) is 64.9 Å². The van der Waals surface area contributed by atoms with E-state index in [-0.39, 0.29) is 29.4 Å². The molecule has 39 heavy (non-hydrogen) atoms. The van der Waals surface area contributed by atoms with Crippen LogP contribution in [0.4, 0.5) is 28.4 Å². The molecular weight excluding hydrogens is 545 g/mol. The lowest BCUT2D eigenvalue weighted by Crippen LogP contribution is -2.63. The summed E-state index contributed by atoms with van der Waals surface area (Å²) in [5.41, 5.74) is -0.0927.